The standard InChI is InChI=1S/C26H26N6O3/c1-27-14-18-4-6-19(7-5-18)21-13-24(35-30-21)23-16-28-15-22(29-23)20-8-9-26(34)32(17-20)12-11-31-10-2-3-25(31)33/h4-9,13,15-17,27H,2-3,10-12,14H2,1H3. The molecule has 0 bridgehead atoms. The first kappa shape index (κ1) is 22.7. The molecule has 1 aromatic carbocycles. The number of pyridine rings is 1. The minimum absolute atomic E-state index is 0.120. The molecule has 5 rings (SSSR count). The van der Waals surface area contributed by atoms with Gasteiger partial charge in [0.15, 0.2) is 5.76 Å². The van der Waals surface area contributed by atoms with Crippen molar-refractivity contribution in [3.05, 3.63) is 77.0 Å². The lowest BCUT2D eigenvalue weighted by molar-refractivity contribution is -0.127. The van der Waals surface area contributed by atoms with Gasteiger partial charge < -0.3 is 19.3 Å². The summed E-state index contributed by atoms with van der Waals surface area (Å²) in [5.74, 6) is 0.655. The number of aromatic nitrogens is 4. The lowest BCUT2D eigenvalue weighted by Gasteiger charge is -2.16. The number of carbonyl (C=O) groups excluding carboxylic acids is 1. The Morgan fingerprint density at radius 1 is 0.971 bits per heavy atom. The van der Waals surface area contributed by atoms with Gasteiger partial charge in [0.25, 0.3) is 5.56 Å². The number of benzene rings is 1. The summed E-state index contributed by atoms with van der Waals surface area (Å²) < 4.78 is 7.18. The van der Waals surface area contributed by atoms with Crippen LogP contribution in [0.1, 0.15) is 18.4 Å². The first-order valence-electron chi connectivity index (χ1n) is 11.6. The van der Waals surface area contributed by atoms with Crippen molar-refractivity contribution in [1.82, 2.24) is 29.9 Å². The molecule has 0 saturated carbocycles. The monoisotopic (exact) mass is 470 g/mol. The SMILES string of the molecule is CNCc1ccc(-c2cc(-c3cncc(-c4ccc(=O)n(CCN5CCCC5=O)c4)n3)on2)cc1. The maximum Gasteiger partial charge on any atom is 0.250 e. The second-order valence-corrected chi connectivity index (χ2v) is 8.53. The second kappa shape index (κ2) is 10.0. The number of nitrogens with one attached hydrogen (secondary N) is 1. The number of nitrogens with zero attached hydrogens (tertiary/aromatic N) is 5. The molecule has 178 valence electrons. The minimum Gasteiger partial charge on any atom is -0.354 e. The van der Waals surface area contributed by atoms with Crippen LogP contribution in [-0.2, 0) is 17.9 Å². The van der Waals surface area contributed by atoms with Crippen molar-refractivity contribution < 1.29 is 9.32 Å². The van der Waals surface area contributed by atoms with Gasteiger partial charge in [-0.05, 0) is 25.1 Å². The van der Waals surface area contributed by atoms with E-state index in [2.05, 4.69) is 27.6 Å². The molecule has 1 N–H and O–H groups in total. The summed E-state index contributed by atoms with van der Waals surface area (Å²) in [6.45, 7) is 2.51. The van der Waals surface area contributed by atoms with E-state index in [9.17, 15) is 9.59 Å². The molecule has 1 aliphatic rings. The van der Waals surface area contributed by atoms with Gasteiger partial charge in [0.1, 0.15) is 11.4 Å². The maximum absolute atomic E-state index is 12.4. The summed E-state index contributed by atoms with van der Waals surface area (Å²) in [6.07, 6.45) is 6.49. The fraction of sp³-hybridized carbons (Fsp3) is 0.269. The highest BCUT2D eigenvalue weighted by Crippen LogP contribution is 2.26. The number of amides is 1. The molecule has 4 heterocycles. The van der Waals surface area contributed by atoms with Gasteiger partial charge in [0.2, 0.25) is 5.91 Å². The first-order chi connectivity index (χ1) is 17.1. The Bertz CT molecular complexity index is 1390. The Labute approximate surface area is 202 Å². The summed E-state index contributed by atoms with van der Waals surface area (Å²) in [4.78, 5) is 35.1. The highest BCUT2D eigenvalue weighted by Gasteiger charge is 2.19. The molecule has 1 aliphatic heterocycles. The van der Waals surface area contributed by atoms with Crippen molar-refractivity contribution in [2.45, 2.75) is 25.9 Å². The molecule has 1 amide bonds. The molecule has 1 fully saturated rings. The Kier molecular flexibility index (Phi) is 6.49. The van der Waals surface area contributed by atoms with Crippen molar-refractivity contribution in [3.8, 4) is 34.0 Å². The number of hydrogen-bond acceptors (Lipinski definition) is 7. The molecular weight excluding hydrogens is 444 g/mol. The van der Waals surface area contributed by atoms with Crippen LogP contribution in [0.25, 0.3) is 34.0 Å². The average Bonchev–Trinajstić information content (AvgIpc) is 3.54. The summed E-state index contributed by atoms with van der Waals surface area (Å²) >= 11 is 0. The Hall–Kier alpha value is -4.11. The van der Waals surface area contributed by atoms with Crippen LogP contribution in [0, 0.1) is 0 Å². The van der Waals surface area contributed by atoms with Gasteiger partial charge in [-0.3, -0.25) is 14.6 Å². The zero-order valence-electron chi connectivity index (χ0n) is 19.5. The minimum atomic E-state index is -0.120. The van der Waals surface area contributed by atoms with Crippen LogP contribution in [0.15, 0.2) is 70.4 Å². The number of carbonyl (C=O) groups is 1. The van der Waals surface area contributed by atoms with E-state index in [1.807, 2.05) is 25.2 Å². The van der Waals surface area contributed by atoms with Crippen LogP contribution in [0.4, 0.5) is 0 Å². The van der Waals surface area contributed by atoms with Gasteiger partial charge in [-0.1, -0.05) is 29.4 Å². The van der Waals surface area contributed by atoms with Crippen molar-refractivity contribution in [2.75, 3.05) is 20.1 Å². The van der Waals surface area contributed by atoms with Gasteiger partial charge in [0.05, 0.1) is 18.1 Å². The maximum atomic E-state index is 12.4. The van der Waals surface area contributed by atoms with Crippen LogP contribution < -0.4 is 10.9 Å². The zero-order valence-corrected chi connectivity index (χ0v) is 19.5. The van der Waals surface area contributed by atoms with E-state index in [1.165, 1.54) is 11.6 Å². The topological polar surface area (TPSA) is 106 Å². The summed E-state index contributed by atoms with van der Waals surface area (Å²) in [5, 5.41) is 7.33. The first-order valence-corrected chi connectivity index (χ1v) is 11.6. The van der Waals surface area contributed by atoms with Crippen molar-refractivity contribution in [3.63, 3.8) is 0 Å². The van der Waals surface area contributed by atoms with Crippen LogP contribution in [0.5, 0.6) is 0 Å². The molecule has 35 heavy (non-hydrogen) atoms. The predicted molar refractivity (Wildman–Crippen MR) is 131 cm³/mol. The number of likely N-dealkylation sites (tertiary alicyclic amines) is 1. The van der Waals surface area contributed by atoms with E-state index in [0.29, 0.717) is 42.4 Å². The van der Waals surface area contributed by atoms with Gasteiger partial charge in [-0.2, -0.15) is 0 Å². The Balaban J connectivity index is 1.36. The molecule has 4 aromatic rings. The summed E-state index contributed by atoms with van der Waals surface area (Å²) in [6, 6.07) is 13.2. The average molecular weight is 471 g/mol. The van der Waals surface area contributed by atoms with Gasteiger partial charge in [0, 0.05) is 62.1 Å². The second-order valence-electron chi connectivity index (χ2n) is 8.53. The molecule has 0 atom stereocenters. The van der Waals surface area contributed by atoms with Crippen LogP contribution in [-0.4, -0.2) is 50.6 Å². The van der Waals surface area contributed by atoms with E-state index in [0.717, 1.165) is 30.6 Å². The number of hydrogen-bond donors (Lipinski definition) is 1. The smallest absolute Gasteiger partial charge is 0.250 e. The van der Waals surface area contributed by atoms with E-state index in [-0.39, 0.29) is 11.5 Å². The Morgan fingerprint density at radius 3 is 2.54 bits per heavy atom. The quantitative estimate of drug-likeness (QED) is 0.422. The fourth-order valence-electron chi connectivity index (χ4n) is 4.18. The molecule has 9 heteroatoms. The molecule has 3 aromatic heterocycles. The largest absolute Gasteiger partial charge is 0.354 e. The van der Waals surface area contributed by atoms with E-state index >= 15 is 0 Å². The third-order valence-corrected chi connectivity index (χ3v) is 6.09. The molecule has 9 nitrogen and oxygen atoms in total. The fourth-order valence-corrected chi connectivity index (χ4v) is 4.18. The lowest BCUT2D eigenvalue weighted by atomic mass is 10.1. The van der Waals surface area contributed by atoms with Crippen molar-refractivity contribution >= 4 is 5.91 Å². The number of rotatable bonds is 8. The molecule has 0 spiro atoms. The molecule has 0 aliphatic carbocycles. The summed E-state index contributed by atoms with van der Waals surface area (Å²) in [5.41, 5.74) is 4.65. The molecular formula is C26H26N6O3. The summed E-state index contributed by atoms with van der Waals surface area (Å²) in [7, 11) is 1.91. The van der Waals surface area contributed by atoms with Gasteiger partial charge >= 0.3 is 0 Å². The zero-order chi connectivity index (χ0) is 24.2. The van der Waals surface area contributed by atoms with Crippen LogP contribution in [0.3, 0.4) is 0 Å². The highest BCUT2D eigenvalue weighted by molar-refractivity contribution is 5.78. The lowest BCUT2D eigenvalue weighted by Crippen LogP contribution is -2.31. The van der Waals surface area contributed by atoms with Crippen molar-refractivity contribution in [1.29, 1.82) is 0 Å². The van der Waals surface area contributed by atoms with E-state index in [1.54, 1.807) is 34.1 Å². The van der Waals surface area contributed by atoms with Crippen LogP contribution in [0.2, 0.25) is 0 Å². The van der Waals surface area contributed by atoms with E-state index in [4.69, 9.17) is 9.51 Å². The van der Waals surface area contributed by atoms with Gasteiger partial charge in [-0.15, -0.1) is 0 Å². The third kappa shape index (κ3) is 5.04. The van der Waals surface area contributed by atoms with Crippen molar-refractivity contribution in [2.24, 2.45) is 0 Å². The van der Waals surface area contributed by atoms with E-state index < -0.39 is 0 Å². The predicted octanol–water partition coefficient (Wildman–Crippen LogP) is 2.97. The molecule has 1 saturated heterocycles. The third-order valence-electron chi connectivity index (χ3n) is 6.09. The normalized spacial score (nSPS) is 13.5. The molecule has 0 radical (unpaired) electrons. The van der Waals surface area contributed by atoms with Gasteiger partial charge in [-0.25, -0.2) is 4.98 Å². The Morgan fingerprint density at radius 2 is 1.77 bits per heavy atom. The van der Waals surface area contributed by atoms with Crippen LogP contribution >= 0.6 is 0 Å². The highest BCUT2D eigenvalue weighted by atomic mass is 16.5. The molecule has 0 unspecified atom stereocenters.